The highest BCUT2D eigenvalue weighted by Gasteiger charge is 2.09. The molecule has 2 N–H and O–H groups in total. The van der Waals surface area contributed by atoms with Crippen LogP contribution >= 0.6 is 11.3 Å². The molecule has 0 radical (unpaired) electrons. The topological polar surface area (TPSA) is 88.2 Å². The van der Waals surface area contributed by atoms with Gasteiger partial charge in [-0.3, -0.25) is 15.6 Å². The van der Waals surface area contributed by atoms with Gasteiger partial charge in [0.2, 0.25) is 11.0 Å². The van der Waals surface area contributed by atoms with Crippen molar-refractivity contribution < 1.29 is 13.2 Å². The minimum atomic E-state index is -3.19. The Balaban J connectivity index is 2.18. The zero-order valence-electron chi connectivity index (χ0n) is 10.9. The number of anilines is 1. The number of hydrogen-bond donors (Lipinski definition) is 2. The number of sulfone groups is 1. The summed E-state index contributed by atoms with van der Waals surface area (Å²) in [7, 11) is -3.19. The predicted molar refractivity (Wildman–Crippen MR) is 78.1 cm³/mol. The quantitative estimate of drug-likeness (QED) is 0.839. The summed E-state index contributed by atoms with van der Waals surface area (Å²) in [5.74, 6) is -0.209. The molecule has 0 spiro atoms. The first-order chi connectivity index (χ1) is 9.36. The molecule has 0 saturated carbocycles. The van der Waals surface area contributed by atoms with E-state index in [1.165, 1.54) is 24.5 Å². The predicted octanol–water partition coefficient (Wildman–Crippen LogP) is 1.68. The summed E-state index contributed by atoms with van der Waals surface area (Å²) in [6, 6.07) is 6.50. The Morgan fingerprint density at radius 3 is 2.45 bits per heavy atom. The number of nitrogens with zero attached hydrogens (tertiary/aromatic N) is 1. The van der Waals surface area contributed by atoms with Crippen molar-refractivity contribution in [3.05, 3.63) is 29.6 Å². The Kier molecular flexibility index (Phi) is 4.05. The number of benzene rings is 1. The van der Waals surface area contributed by atoms with Crippen LogP contribution in [-0.4, -0.2) is 25.6 Å². The number of rotatable bonds is 4. The Bertz CT molecular complexity index is 721. The molecule has 0 fully saturated rings. The lowest BCUT2D eigenvalue weighted by molar-refractivity contribution is -0.118. The first-order valence-corrected chi connectivity index (χ1v) is 8.42. The largest absolute Gasteiger partial charge is 0.274 e. The third-order valence-electron chi connectivity index (χ3n) is 2.43. The Morgan fingerprint density at radius 2 is 1.90 bits per heavy atom. The van der Waals surface area contributed by atoms with Gasteiger partial charge in [0.25, 0.3) is 0 Å². The number of amides is 1. The third kappa shape index (κ3) is 3.55. The van der Waals surface area contributed by atoms with Crippen molar-refractivity contribution in [2.24, 2.45) is 0 Å². The normalized spacial score (nSPS) is 11.1. The second-order valence-electron chi connectivity index (χ2n) is 4.14. The molecule has 0 unspecified atom stereocenters. The van der Waals surface area contributed by atoms with E-state index >= 15 is 0 Å². The van der Waals surface area contributed by atoms with E-state index in [9.17, 15) is 13.2 Å². The van der Waals surface area contributed by atoms with Crippen molar-refractivity contribution in [2.45, 2.75) is 11.8 Å². The number of carbonyl (C=O) groups is 1. The summed E-state index contributed by atoms with van der Waals surface area (Å²) in [6.45, 7) is 1.39. The van der Waals surface area contributed by atoms with Crippen LogP contribution < -0.4 is 10.9 Å². The summed E-state index contributed by atoms with van der Waals surface area (Å²) in [4.78, 5) is 15.3. The molecule has 0 bridgehead atoms. The first-order valence-electron chi connectivity index (χ1n) is 5.65. The van der Waals surface area contributed by atoms with Gasteiger partial charge in [0.15, 0.2) is 9.84 Å². The van der Waals surface area contributed by atoms with E-state index in [0.717, 1.165) is 5.56 Å². The Labute approximate surface area is 120 Å². The monoisotopic (exact) mass is 311 g/mol. The number of nitrogens with one attached hydrogen (secondary N) is 2. The number of hydrazine groups is 1. The Hall–Kier alpha value is -1.93. The maximum Gasteiger partial charge on any atom is 0.235 e. The molecule has 0 aliphatic rings. The van der Waals surface area contributed by atoms with Gasteiger partial charge in [-0.05, 0) is 12.1 Å². The van der Waals surface area contributed by atoms with Crippen LogP contribution in [0.25, 0.3) is 11.3 Å². The van der Waals surface area contributed by atoms with Crippen LogP contribution in [0.3, 0.4) is 0 Å². The third-order valence-corrected chi connectivity index (χ3v) is 4.31. The van der Waals surface area contributed by atoms with Crippen LogP contribution in [0, 0.1) is 0 Å². The smallest absolute Gasteiger partial charge is 0.235 e. The molecule has 0 saturated heterocycles. The SMILES string of the molecule is CC(=O)NNc1nc(-c2ccc(S(C)(=O)=O)cc2)cs1. The standard InChI is InChI=1S/C12H13N3O3S2/c1-8(16)14-15-12-13-11(7-19-12)9-3-5-10(6-4-9)20(2,17)18/h3-7H,1-2H3,(H,13,15)(H,14,16). The zero-order chi connectivity index (χ0) is 14.8. The highest BCUT2D eigenvalue weighted by molar-refractivity contribution is 7.90. The highest BCUT2D eigenvalue weighted by atomic mass is 32.2. The molecule has 0 aliphatic carbocycles. The summed E-state index contributed by atoms with van der Waals surface area (Å²) in [5.41, 5.74) is 6.64. The van der Waals surface area contributed by atoms with E-state index in [-0.39, 0.29) is 10.8 Å². The van der Waals surface area contributed by atoms with E-state index in [0.29, 0.717) is 10.8 Å². The molecule has 0 aliphatic heterocycles. The lowest BCUT2D eigenvalue weighted by Gasteiger charge is -2.01. The molecule has 1 heterocycles. The minimum absolute atomic E-state index is 0.209. The van der Waals surface area contributed by atoms with Crippen molar-refractivity contribution in [3.8, 4) is 11.3 Å². The molecule has 106 valence electrons. The average molecular weight is 311 g/mol. The lowest BCUT2D eigenvalue weighted by Crippen LogP contribution is -2.26. The average Bonchev–Trinajstić information content (AvgIpc) is 2.84. The molecule has 1 amide bonds. The van der Waals surface area contributed by atoms with Gasteiger partial charge in [0.05, 0.1) is 10.6 Å². The van der Waals surface area contributed by atoms with Crippen LogP contribution in [0.4, 0.5) is 5.13 Å². The van der Waals surface area contributed by atoms with E-state index < -0.39 is 9.84 Å². The van der Waals surface area contributed by atoms with Crippen molar-refractivity contribution in [2.75, 3.05) is 11.7 Å². The van der Waals surface area contributed by atoms with Crippen LogP contribution in [0.1, 0.15) is 6.92 Å². The van der Waals surface area contributed by atoms with E-state index in [4.69, 9.17) is 0 Å². The van der Waals surface area contributed by atoms with Gasteiger partial charge in [-0.25, -0.2) is 13.4 Å². The molecule has 8 heteroatoms. The van der Waals surface area contributed by atoms with Gasteiger partial charge < -0.3 is 0 Å². The van der Waals surface area contributed by atoms with Gasteiger partial charge in [0, 0.05) is 24.1 Å². The van der Waals surface area contributed by atoms with Gasteiger partial charge >= 0.3 is 0 Å². The van der Waals surface area contributed by atoms with Crippen molar-refractivity contribution in [3.63, 3.8) is 0 Å². The molecule has 20 heavy (non-hydrogen) atoms. The number of thiazole rings is 1. The lowest BCUT2D eigenvalue weighted by atomic mass is 10.2. The molecule has 1 aromatic carbocycles. The fourth-order valence-corrected chi connectivity index (χ4v) is 2.78. The van der Waals surface area contributed by atoms with Crippen LogP contribution in [0.2, 0.25) is 0 Å². The van der Waals surface area contributed by atoms with Gasteiger partial charge in [-0.2, -0.15) is 0 Å². The summed E-state index contributed by atoms with van der Waals surface area (Å²) < 4.78 is 22.7. The fourth-order valence-electron chi connectivity index (χ4n) is 1.48. The highest BCUT2D eigenvalue weighted by Crippen LogP contribution is 2.25. The Morgan fingerprint density at radius 1 is 1.25 bits per heavy atom. The summed E-state index contributed by atoms with van der Waals surface area (Å²) in [5, 5.41) is 2.38. The van der Waals surface area contributed by atoms with Crippen molar-refractivity contribution in [1.29, 1.82) is 0 Å². The van der Waals surface area contributed by atoms with E-state index in [2.05, 4.69) is 15.8 Å². The van der Waals surface area contributed by atoms with Gasteiger partial charge in [-0.1, -0.05) is 12.1 Å². The number of aromatic nitrogens is 1. The number of hydrogen-bond acceptors (Lipinski definition) is 6. The van der Waals surface area contributed by atoms with Crippen molar-refractivity contribution in [1.82, 2.24) is 10.4 Å². The molecule has 1 aromatic heterocycles. The second kappa shape index (κ2) is 5.59. The van der Waals surface area contributed by atoms with Gasteiger partial charge in [0.1, 0.15) is 0 Å². The molecular weight excluding hydrogens is 298 g/mol. The zero-order valence-corrected chi connectivity index (χ0v) is 12.5. The first kappa shape index (κ1) is 14.5. The molecule has 2 rings (SSSR count). The van der Waals surface area contributed by atoms with E-state index in [1.807, 2.05) is 5.38 Å². The maximum atomic E-state index is 11.4. The molecule has 6 nitrogen and oxygen atoms in total. The van der Waals surface area contributed by atoms with Crippen LogP contribution in [0.5, 0.6) is 0 Å². The second-order valence-corrected chi connectivity index (χ2v) is 7.01. The fraction of sp³-hybridized carbons (Fsp3) is 0.167. The number of carbonyl (C=O) groups excluding carboxylic acids is 1. The molecule has 0 atom stereocenters. The van der Waals surface area contributed by atoms with E-state index in [1.54, 1.807) is 24.3 Å². The maximum absolute atomic E-state index is 11.4. The summed E-state index contributed by atoms with van der Waals surface area (Å²) >= 11 is 1.34. The van der Waals surface area contributed by atoms with Gasteiger partial charge in [-0.15, -0.1) is 11.3 Å². The van der Waals surface area contributed by atoms with Crippen LogP contribution in [0.15, 0.2) is 34.5 Å². The molecule has 2 aromatic rings. The van der Waals surface area contributed by atoms with Crippen molar-refractivity contribution >= 4 is 32.2 Å². The van der Waals surface area contributed by atoms with Crippen LogP contribution in [-0.2, 0) is 14.6 Å². The minimum Gasteiger partial charge on any atom is -0.274 e. The summed E-state index contributed by atoms with van der Waals surface area (Å²) in [6.07, 6.45) is 1.17. The molecular formula is C12H13N3O3S2.